The zero-order valence-electron chi connectivity index (χ0n) is 18.3. The molecule has 6 rings (SSSR count). The molecule has 4 atom stereocenters. The van der Waals surface area contributed by atoms with Crippen LogP contribution in [0.15, 0.2) is 71.5 Å². The summed E-state index contributed by atoms with van der Waals surface area (Å²) in [6.45, 7) is 3.94. The van der Waals surface area contributed by atoms with E-state index < -0.39 is 23.9 Å². The summed E-state index contributed by atoms with van der Waals surface area (Å²) in [6.07, 6.45) is 5.23. The second kappa shape index (κ2) is 7.04. The number of carbonyl (C=O) groups excluding carboxylic acids is 3. The van der Waals surface area contributed by atoms with Crippen molar-refractivity contribution in [1.82, 2.24) is 4.90 Å². The first kappa shape index (κ1) is 19.7. The number of Topliss-reactive ketones (excluding diaryl/α,β-unsaturated/α-hetero) is 1. The molecule has 2 aromatic carbocycles. The van der Waals surface area contributed by atoms with Crippen LogP contribution in [0.3, 0.4) is 0 Å². The molecule has 2 amide bonds. The molecule has 0 spiro atoms. The summed E-state index contributed by atoms with van der Waals surface area (Å²) < 4.78 is 5.40. The lowest BCUT2D eigenvalue weighted by molar-refractivity contribution is -0.123. The van der Waals surface area contributed by atoms with Gasteiger partial charge in [0.1, 0.15) is 6.04 Å². The number of aryl methyl sites for hydroxylation is 2. The molecule has 0 aliphatic carbocycles. The standard InChI is InChI=1S/C27H22N2O4/c1-15-9-10-18(14-16(15)2)29-26(31)21-22(27(29)32)24(25(30)20-8-5-13-33-20)28-12-11-17-6-3-4-7-19(17)23(21)28/h3-14,21-24H,1-2H3/t21-,22+,23-,24+/m0/s1. The van der Waals surface area contributed by atoms with Crippen LogP contribution in [-0.4, -0.2) is 28.5 Å². The summed E-state index contributed by atoms with van der Waals surface area (Å²) in [6, 6.07) is 15.5. The minimum atomic E-state index is -0.816. The Balaban J connectivity index is 1.51. The van der Waals surface area contributed by atoms with Crippen molar-refractivity contribution >= 4 is 29.4 Å². The van der Waals surface area contributed by atoms with Crippen LogP contribution in [-0.2, 0) is 9.59 Å². The van der Waals surface area contributed by atoms with Crippen LogP contribution < -0.4 is 4.90 Å². The molecule has 6 heteroatoms. The third-order valence-electron chi connectivity index (χ3n) is 7.24. The van der Waals surface area contributed by atoms with Gasteiger partial charge in [0.05, 0.1) is 29.8 Å². The van der Waals surface area contributed by atoms with Crippen molar-refractivity contribution in [3.05, 3.63) is 95.1 Å². The van der Waals surface area contributed by atoms with Gasteiger partial charge in [-0.15, -0.1) is 0 Å². The molecule has 33 heavy (non-hydrogen) atoms. The first-order valence-corrected chi connectivity index (χ1v) is 11.0. The number of hydrogen-bond donors (Lipinski definition) is 0. The fourth-order valence-electron chi connectivity index (χ4n) is 5.54. The predicted octanol–water partition coefficient (Wildman–Crippen LogP) is 4.29. The molecule has 2 saturated heterocycles. The largest absolute Gasteiger partial charge is 0.461 e. The first-order valence-electron chi connectivity index (χ1n) is 11.0. The van der Waals surface area contributed by atoms with Gasteiger partial charge in [-0.2, -0.15) is 0 Å². The highest BCUT2D eigenvalue weighted by atomic mass is 16.3. The quantitative estimate of drug-likeness (QED) is 0.451. The lowest BCUT2D eigenvalue weighted by Crippen LogP contribution is -2.44. The van der Waals surface area contributed by atoms with Crippen LogP contribution >= 0.6 is 0 Å². The monoisotopic (exact) mass is 438 g/mol. The van der Waals surface area contributed by atoms with Gasteiger partial charge in [0.25, 0.3) is 0 Å². The molecule has 3 aromatic rings. The van der Waals surface area contributed by atoms with Crippen LogP contribution in [0.5, 0.6) is 0 Å². The average molecular weight is 438 g/mol. The van der Waals surface area contributed by atoms with Gasteiger partial charge in [-0.05, 0) is 66.4 Å². The van der Waals surface area contributed by atoms with Crippen LogP contribution in [0.2, 0.25) is 0 Å². The van der Waals surface area contributed by atoms with Crippen molar-refractivity contribution in [1.29, 1.82) is 0 Å². The van der Waals surface area contributed by atoms with Crippen LogP contribution in [0, 0.1) is 25.7 Å². The molecule has 164 valence electrons. The average Bonchev–Trinajstić information content (AvgIpc) is 3.52. The number of amides is 2. The zero-order chi connectivity index (χ0) is 22.9. The molecule has 4 heterocycles. The van der Waals surface area contributed by atoms with Crippen molar-refractivity contribution in [2.24, 2.45) is 11.8 Å². The minimum absolute atomic E-state index is 0.191. The predicted molar refractivity (Wildman–Crippen MR) is 122 cm³/mol. The maximum atomic E-state index is 13.8. The summed E-state index contributed by atoms with van der Waals surface area (Å²) in [5.41, 5.74) is 4.58. The van der Waals surface area contributed by atoms with Gasteiger partial charge in [0, 0.05) is 6.20 Å². The van der Waals surface area contributed by atoms with Gasteiger partial charge in [0.2, 0.25) is 17.6 Å². The van der Waals surface area contributed by atoms with Crippen molar-refractivity contribution in [3.8, 4) is 0 Å². The van der Waals surface area contributed by atoms with E-state index in [0.29, 0.717) is 5.69 Å². The molecule has 0 radical (unpaired) electrons. The molecule has 0 bridgehead atoms. The molecule has 2 fully saturated rings. The summed E-state index contributed by atoms with van der Waals surface area (Å²) in [5, 5.41) is 0. The maximum absolute atomic E-state index is 13.8. The van der Waals surface area contributed by atoms with Gasteiger partial charge in [-0.3, -0.25) is 14.4 Å². The number of rotatable bonds is 3. The number of carbonyl (C=O) groups is 3. The van der Waals surface area contributed by atoms with Gasteiger partial charge >= 0.3 is 0 Å². The molecule has 0 saturated carbocycles. The number of benzene rings is 2. The van der Waals surface area contributed by atoms with E-state index in [1.54, 1.807) is 18.2 Å². The lowest BCUT2D eigenvalue weighted by Gasteiger charge is -2.35. The van der Waals surface area contributed by atoms with E-state index in [-0.39, 0.29) is 23.4 Å². The fourth-order valence-corrected chi connectivity index (χ4v) is 5.54. The van der Waals surface area contributed by atoms with Crippen LogP contribution in [0.4, 0.5) is 5.69 Å². The van der Waals surface area contributed by atoms with E-state index in [2.05, 4.69) is 0 Å². The topological polar surface area (TPSA) is 70.8 Å². The molecule has 6 nitrogen and oxygen atoms in total. The van der Waals surface area contributed by atoms with Crippen LogP contribution in [0.25, 0.3) is 6.08 Å². The van der Waals surface area contributed by atoms with Gasteiger partial charge in [0.15, 0.2) is 5.76 Å². The SMILES string of the molecule is Cc1ccc(N2C(=O)[C@@H]3[C@H](C2=O)[C@@H]2c4ccccc4C=CN2[C@H]3C(=O)c2ccco2)cc1C. The van der Waals surface area contributed by atoms with E-state index in [1.165, 1.54) is 11.2 Å². The molecule has 0 unspecified atom stereocenters. The van der Waals surface area contributed by atoms with E-state index in [0.717, 1.165) is 22.3 Å². The smallest absolute Gasteiger partial charge is 0.240 e. The fraction of sp³-hybridized carbons (Fsp3) is 0.222. The van der Waals surface area contributed by atoms with Gasteiger partial charge in [-0.25, -0.2) is 4.90 Å². The van der Waals surface area contributed by atoms with Gasteiger partial charge in [-0.1, -0.05) is 30.3 Å². The van der Waals surface area contributed by atoms with E-state index in [4.69, 9.17) is 4.42 Å². The first-order chi connectivity index (χ1) is 16.0. The number of fused-ring (bicyclic) bond motifs is 5. The number of anilines is 1. The Morgan fingerprint density at radius 2 is 1.70 bits per heavy atom. The Hall–Kier alpha value is -3.93. The number of imide groups is 1. The van der Waals surface area contributed by atoms with Crippen molar-refractivity contribution < 1.29 is 18.8 Å². The van der Waals surface area contributed by atoms with E-state index >= 15 is 0 Å². The highest BCUT2D eigenvalue weighted by molar-refractivity contribution is 6.24. The second-order valence-electron chi connectivity index (χ2n) is 8.96. The molecular weight excluding hydrogens is 416 g/mol. The molecular formula is C27H22N2O4. The number of hydrogen-bond acceptors (Lipinski definition) is 5. The third kappa shape index (κ3) is 2.70. The Labute approximate surface area is 191 Å². The third-order valence-corrected chi connectivity index (χ3v) is 7.24. The van der Waals surface area contributed by atoms with Crippen LogP contribution in [0.1, 0.15) is 38.9 Å². The van der Waals surface area contributed by atoms with Crippen molar-refractivity contribution in [2.75, 3.05) is 4.90 Å². The zero-order valence-corrected chi connectivity index (χ0v) is 18.3. The lowest BCUT2D eigenvalue weighted by atomic mass is 9.84. The number of nitrogens with zero attached hydrogens (tertiary/aromatic N) is 2. The number of furan rings is 1. The summed E-state index contributed by atoms with van der Waals surface area (Å²) in [4.78, 5) is 44.4. The molecule has 0 N–H and O–H groups in total. The van der Waals surface area contributed by atoms with Crippen molar-refractivity contribution in [3.63, 3.8) is 0 Å². The Bertz CT molecular complexity index is 1340. The minimum Gasteiger partial charge on any atom is -0.461 e. The van der Waals surface area contributed by atoms with E-state index in [9.17, 15) is 14.4 Å². The molecule has 3 aliphatic heterocycles. The second-order valence-corrected chi connectivity index (χ2v) is 8.96. The van der Waals surface area contributed by atoms with Crippen molar-refractivity contribution in [2.45, 2.75) is 25.9 Å². The summed E-state index contributed by atoms with van der Waals surface area (Å²) >= 11 is 0. The number of ketones is 1. The van der Waals surface area contributed by atoms with E-state index in [1.807, 2.05) is 67.4 Å². The van der Waals surface area contributed by atoms with Gasteiger partial charge < -0.3 is 9.32 Å². The Kier molecular flexibility index (Phi) is 4.21. The summed E-state index contributed by atoms with van der Waals surface area (Å²) in [5.74, 6) is -2.14. The maximum Gasteiger partial charge on any atom is 0.240 e. The Morgan fingerprint density at radius 1 is 0.909 bits per heavy atom. The molecule has 3 aliphatic rings. The Morgan fingerprint density at radius 3 is 2.45 bits per heavy atom. The molecule has 1 aromatic heterocycles. The highest BCUT2D eigenvalue weighted by Gasteiger charge is 2.64. The normalized spacial score (nSPS) is 25.3. The highest BCUT2D eigenvalue weighted by Crippen LogP contribution is 2.53. The summed E-state index contributed by atoms with van der Waals surface area (Å²) in [7, 11) is 0.